The molecule has 0 saturated carbocycles. The van der Waals surface area contributed by atoms with Crippen molar-refractivity contribution >= 4 is 12.5 Å². The Hall–Kier alpha value is -0.860. The molecule has 0 rings (SSSR count). The van der Waals surface area contributed by atoms with Gasteiger partial charge in [-0.05, 0) is 5.16 Å². The first-order chi connectivity index (χ1) is 2.41. The summed E-state index contributed by atoms with van der Waals surface area (Å²) in [7, 11) is 0. The van der Waals surface area contributed by atoms with Gasteiger partial charge in [-0.1, -0.05) is 0 Å². The molecule has 3 nitrogen and oxygen atoms in total. The van der Waals surface area contributed by atoms with Crippen molar-refractivity contribution < 1.29 is 10.0 Å². The summed E-state index contributed by atoms with van der Waals surface area (Å²) in [6.07, 6.45) is 0.965. The molecular weight excluding hydrogens is 70.0 g/mol. The third-order valence-electron chi connectivity index (χ3n) is 0.122. The van der Waals surface area contributed by atoms with Gasteiger partial charge in [-0.15, -0.1) is 5.21 Å². The minimum absolute atomic E-state index is 0.326. The van der Waals surface area contributed by atoms with Crippen LogP contribution in [0.3, 0.4) is 0 Å². The van der Waals surface area contributed by atoms with Crippen LogP contribution in [-0.2, 0) is 10.0 Å². The second-order valence-corrected chi connectivity index (χ2v) is 0.391. The fourth-order valence-corrected chi connectivity index (χ4v) is 0.0248. The van der Waals surface area contributed by atoms with E-state index in [1.54, 1.807) is 0 Å². The number of hydrogen-bond donors (Lipinski definition) is 0. The smallest absolute Gasteiger partial charge is 0.164 e. The van der Waals surface area contributed by atoms with Crippen LogP contribution in [0, 0.1) is 0 Å². The maximum atomic E-state index is 9.06. The average Bonchev–Trinajstić information content (AvgIpc) is 1.41. The van der Waals surface area contributed by atoms with E-state index in [1.165, 1.54) is 0 Å². The number of hydrogen-bond acceptors (Lipinski definition) is 2. The Balaban J connectivity index is 2.92. The van der Waals surface area contributed by atoms with Gasteiger partial charge in [0.25, 0.3) is 0 Å². The lowest BCUT2D eigenvalue weighted by molar-refractivity contribution is -0.102. The molecule has 5 heavy (non-hydrogen) atoms. The second kappa shape index (κ2) is 3.14. The lowest BCUT2D eigenvalue weighted by Crippen LogP contribution is -1.66. The highest BCUT2D eigenvalue weighted by Gasteiger charge is 1.54. The number of aldehydes is 1. The van der Waals surface area contributed by atoms with Gasteiger partial charge in [0.1, 0.15) is 6.21 Å². The number of nitrogens with zero attached hydrogens (tertiary/aromatic N) is 1. The monoisotopic (exact) mass is 72.0 g/mol. The van der Waals surface area contributed by atoms with E-state index in [2.05, 4.69) is 5.16 Å². The topological polar surface area (TPSA) is 49.3 Å². The lowest BCUT2D eigenvalue weighted by Gasteiger charge is -1.46. The normalized spacial score (nSPS) is 8.80. The quantitative estimate of drug-likeness (QED) is 0.236. The van der Waals surface area contributed by atoms with Gasteiger partial charge in [0, 0.05) is 0 Å². The van der Waals surface area contributed by atoms with Crippen LogP contribution in [0.1, 0.15) is 0 Å². The van der Waals surface area contributed by atoms with Crippen LogP contribution in [0.5, 0.6) is 0 Å². The zero-order valence-electron chi connectivity index (χ0n) is 2.42. The van der Waals surface area contributed by atoms with E-state index < -0.39 is 0 Å². The van der Waals surface area contributed by atoms with Crippen molar-refractivity contribution in [3.05, 3.63) is 0 Å². The molecule has 0 spiro atoms. The van der Waals surface area contributed by atoms with Crippen LogP contribution in [-0.4, -0.2) is 12.5 Å². The summed E-state index contributed by atoms with van der Waals surface area (Å²) in [6, 6.07) is 0. The maximum Gasteiger partial charge on any atom is 0.164 e. The molecule has 0 unspecified atom stereocenters. The molecule has 0 aromatic carbocycles. The Kier molecular flexibility index (Phi) is 2.60. The van der Waals surface area contributed by atoms with Crippen molar-refractivity contribution in [3.8, 4) is 0 Å². The van der Waals surface area contributed by atoms with E-state index in [-0.39, 0.29) is 0 Å². The van der Waals surface area contributed by atoms with E-state index in [1.807, 2.05) is 0 Å². The summed E-state index contributed by atoms with van der Waals surface area (Å²) in [4.78, 5) is 9.06. The third-order valence-corrected chi connectivity index (χ3v) is 0.122. The van der Waals surface area contributed by atoms with Crippen LogP contribution in [0.15, 0.2) is 5.16 Å². The molecule has 0 amide bonds. The predicted molar refractivity (Wildman–Crippen MR) is 15.2 cm³/mol. The third kappa shape index (κ3) is 3.14. The molecule has 0 aromatic heterocycles. The fourth-order valence-electron chi connectivity index (χ4n) is 0.0248. The van der Waals surface area contributed by atoms with Crippen molar-refractivity contribution in [2.75, 3.05) is 0 Å². The molecule has 27 valence electrons. The van der Waals surface area contributed by atoms with Crippen molar-refractivity contribution in [2.45, 2.75) is 0 Å². The summed E-state index contributed by atoms with van der Waals surface area (Å²) >= 11 is 0. The summed E-state index contributed by atoms with van der Waals surface area (Å²) in [5, 5.41) is 11.0. The van der Waals surface area contributed by atoms with E-state index in [0.717, 1.165) is 0 Å². The molecule has 0 aliphatic heterocycles. The Bertz CT molecular complexity index is 49.6. The van der Waals surface area contributed by atoms with E-state index in [9.17, 15) is 0 Å². The minimum Gasteiger partial charge on any atom is -0.297 e. The molecular formula is C2H2NO2. The zero-order chi connectivity index (χ0) is 4.12. The van der Waals surface area contributed by atoms with Gasteiger partial charge in [0.15, 0.2) is 6.29 Å². The van der Waals surface area contributed by atoms with E-state index in [4.69, 9.17) is 10.0 Å². The fraction of sp³-hybridized carbons (Fsp3) is 0. The molecule has 3 heteroatoms. The van der Waals surface area contributed by atoms with E-state index >= 15 is 0 Å². The minimum atomic E-state index is 0.326. The predicted octanol–water partition coefficient (Wildman–Crippen LogP) is -0.398. The summed E-state index contributed by atoms with van der Waals surface area (Å²) in [6.45, 7) is 0. The summed E-state index contributed by atoms with van der Waals surface area (Å²) < 4.78 is 0. The van der Waals surface area contributed by atoms with Crippen LogP contribution in [0.25, 0.3) is 0 Å². The second-order valence-electron chi connectivity index (χ2n) is 0.391. The Morgan fingerprint density at radius 1 is 1.60 bits per heavy atom. The number of rotatable bonds is 1. The standard InChI is InChI=1S/C2H2NO2/c4-2-1-3-5/h1-2H/b3-1+. The maximum absolute atomic E-state index is 9.06. The summed E-state index contributed by atoms with van der Waals surface area (Å²) in [5.41, 5.74) is 0. The lowest BCUT2D eigenvalue weighted by atomic mass is 10.9. The molecule has 0 bridgehead atoms. The molecule has 0 aromatic rings. The molecule has 1 radical (unpaired) electrons. The average molecular weight is 72.0 g/mol. The largest absolute Gasteiger partial charge is 0.297 e. The first kappa shape index (κ1) is 4.14. The van der Waals surface area contributed by atoms with Crippen molar-refractivity contribution in [3.63, 3.8) is 0 Å². The Morgan fingerprint density at radius 3 is 2.20 bits per heavy atom. The SMILES string of the molecule is [O]/N=C/C=O. The van der Waals surface area contributed by atoms with Crippen LogP contribution in [0.2, 0.25) is 0 Å². The molecule has 0 saturated heterocycles. The number of carbonyl (C=O) groups excluding carboxylic acids is 1. The van der Waals surface area contributed by atoms with Gasteiger partial charge in [-0.2, -0.15) is 0 Å². The van der Waals surface area contributed by atoms with Gasteiger partial charge in [0.05, 0.1) is 0 Å². The summed E-state index contributed by atoms with van der Waals surface area (Å²) in [5.74, 6) is 0. The first-order valence-electron chi connectivity index (χ1n) is 1.01. The van der Waals surface area contributed by atoms with Crippen molar-refractivity contribution in [1.29, 1.82) is 0 Å². The van der Waals surface area contributed by atoms with Gasteiger partial charge in [-0.3, -0.25) is 4.79 Å². The van der Waals surface area contributed by atoms with Gasteiger partial charge < -0.3 is 0 Å². The van der Waals surface area contributed by atoms with Gasteiger partial charge in [-0.25, -0.2) is 0 Å². The highest BCUT2D eigenvalue weighted by molar-refractivity contribution is 6.12. The molecule has 0 atom stereocenters. The van der Waals surface area contributed by atoms with Crippen molar-refractivity contribution in [1.82, 2.24) is 0 Å². The molecule has 0 fully saturated rings. The molecule has 0 aliphatic carbocycles. The highest BCUT2D eigenvalue weighted by atomic mass is 16.4. The first-order valence-corrected chi connectivity index (χ1v) is 1.01. The van der Waals surface area contributed by atoms with Gasteiger partial charge in [0.2, 0.25) is 0 Å². The van der Waals surface area contributed by atoms with Gasteiger partial charge >= 0.3 is 0 Å². The molecule has 0 aliphatic rings. The van der Waals surface area contributed by atoms with Crippen LogP contribution >= 0.6 is 0 Å². The molecule has 0 N–H and O–H groups in total. The Morgan fingerprint density at radius 2 is 2.20 bits per heavy atom. The molecule has 0 heterocycles. The van der Waals surface area contributed by atoms with Crippen molar-refractivity contribution in [2.24, 2.45) is 5.16 Å². The van der Waals surface area contributed by atoms with Crippen LogP contribution < -0.4 is 0 Å². The Labute approximate surface area is 28.9 Å². The van der Waals surface area contributed by atoms with E-state index in [0.29, 0.717) is 12.5 Å². The number of carbonyl (C=O) groups is 1. The van der Waals surface area contributed by atoms with Crippen LogP contribution in [0.4, 0.5) is 0 Å². The zero-order valence-corrected chi connectivity index (χ0v) is 2.42. The highest BCUT2D eigenvalue weighted by Crippen LogP contribution is 1.39.